The molecule has 0 aliphatic carbocycles. The molecule has 0 aliphatic heterocycles. The topological polar surface area (TPSA) is 73.7 Å². The van der Waals surface area contributed by atoms with Crippen molar-refractivity contribution < 1.29 is 9.90 Å². The van der Waals surface area contributed by atoms with Crippen LogP contribution in [-0.4, -0.2) is 21.9 Å². The van der Waals surface area contributed by atoms with Gasteiger partial charge in [-0.25, -0.2) is 0 Å². The number of nitrogens with one attached hydrogen (secondary N) is 2. The van der Waals surface area contributed by atoms with Gasteiger partial charge in [0.15, 0.2) is 5.11 Å². The summed E-state index contributed by atoms with van der Waals surface area (Å²) in [5, 5.41) is 15.8. The summed E-state index contributed by atoms with van der Waals surface area (Å²) in [6.45, 7) is 1.75. The maximum atomic E-state index is 10.4. The molecule has 0 heterocycles. The second-order valence-electron chi connectivity index (χ2n) is 3.67. The van der Waals surface area contributed by atoms with Crippen molar-refractivity contribution in [1.82, 2.24) is 5.43 Å². The van der Waals surface area contributed by atoms with Crippen LogP contribution in [-0.2, 0) is 4.79 Å². The fraction of sp³-hybridized carbons (Fsp3) is 0.250. The number of anilines is 1. The third-order valence-electron chi connectivity index (χ3n) is 2.08. The highest BCUT2D eigenvalue weighted by molar-refractivity contribution is 7.80. The van der Waals surface area contributed by atoms with Gasteiger partial charge >= 0.3 is 5.97 Å². The maximum Gasteiger partial charge on any atom is 0.303 e. The molecule has 0 saturated carbocycles. The molecule has 5 nitrogen and oxygen atoms in total. The molecule has 6 heteroatoms. The summed E-state index contributed by atoms with van der Waals surface area (Å²) in [4.78, 5) is 10.4. The van der Waals surface area contributed by atoms with E-state index in [0.717, 1.165) is 5.69 Å². The minimum atomic E-state index is -0.838. The monoisotopic (exact) mass is 265 g/mol. The van der Waals surface area contributed by atoms with Crippen molar-refractivity contribution in [2.45, 2.75) is 19.8 Å². The summed E-state index contributed by atoms with van der Waals surface area (Å²) in [7, 11) is 0. The van der Waals surface area contributed by atoms with Gasteiger partial charge in [-0.15, -0.1) is 0 Å². The van der Waals surface area contributed by atoms with E-state index in [2.05, 4.69) is 15.8 Å². The van der Waals surface area contributed by atoms with E-state index in [9.17, 15) is 4.79 Å². The van der Waals surface area contributed by atoms with Crippen LogP contribution in [0.15, 0.2) is 35.4 Å². The first-order valence-corrected chi connectivity index (χ1v) is 5.86. The molecule has 1 aromatic rings. The van der Waals surface area contributed by atoms with E-state index in [1.165, 1.54) is 0 Å². The Labute approximate surface area is 111 Å². The van der Waals surface area contributed by atoms with Crippen molar-refractivity contribution in [2.24, 2.45) is 5.10 Å². The van der Waals surface area contributed by atoms with Gasteiger partial charge in [0.05, 0.1) is 6.42 Å². The lowest BCUT2D eigenvalue weighted by atomic mass is 10.2. The average molecular weight is 265 g/mol. The van der Waals surface area contributed by atoms with Crippen LogP contribution in [0, 0.1) is 0 Å². The molecule has 0 bridgehead atoms. The number of benzene rings is 1. The van der Waals surface area contributed by atoms with E-state index in [1.807, 2.05) is 30.3 Å². The Balaban J connectivity index is 2.36. The zero-order valence-electron chi connectivity index (χ0n) is 10.0. The van der Waals surface area contributed by atoms with Crippen LogP contribution < -0.4 is 10.7 Å². The Hall–Kier alpha value is -1.95. The number of thiocarbonyl (C=S) groups is 1. The summed E-state index contributed by atoms with van der Waals surface area (Å²) in [5.41, 5.74) is 4.23. The lowest BCUT2D eigenvalue weighted by molar-refractivity contribution is -0.136. The van der Waals surface area contributed by atoms with E-state index >= 15 is 0 Å². The van der Waals surface area contributed by atoms with Crippen molar-refractivity contribution in [1.29, 1.82) is 0 Å². The van der Waals surface area contributed by atoms with Crippen LogP contribution in [0.25, 0.3) is 0 Å². The molecule has 1 aromatic carbocycles. The number of rotatable bonds is 5. The van der Waals surface area contributed by atoms with E-state index in [-0.39, 0.29) is 6.42 Å². The van der Waals surface area contributed by atoms with Crippen molar-refractivity contribution in [3.8, 4) is 0 Å². The first-order valence-electron chi connectivity index (χ1n) is 5.45. The minimum Gasteiger partial charge on any atom is -0.481 e. The van der Waals surface area contributed by atoms with Gasteiger partial charge in [-0.05, 0) is 37.7 Å². The minimum absolute atomic E-state index is 0.0654. The van der Waals surface area contributed by atoms with Gasteiger partial charge in [-0.3, -0.25) is 10.2 Å². The van der Waals surface area contributed by atoms with E-state index in [0.29, 0.717) is 17.2 Å². The van der Waals surface area contributed by atoms with Crippen molar-refractivity contribution >= 4 is 34.7 Å². The first-order chi connectivity index (χ1) is 8.58. The Morgan fingerprint density at radius 1 is 1.33 bits per heavy atom. The molecule has 0 radical (unpaired) electrons. The van der Waals surface area contributed by atoms with Gasteiger partial charge in [0, 0.05) is 11.4 Å². The zero-order chi connectivity index (χ0) is 13.4. The Bertz CT molecular complexity index is 446. The third-order valence-corrected chi connectivity index (χ3v) is 2.27. The van der Waals surface area contributed by atoms with Gasteiger partial charge in [0.2, 0.25) is 0 Å². The average Bonchev–Trinajstić information content (AvgIpc) is 2.35. The van der Waals surface area contributed by atoms with E-state index in [1.54, 1.807) is 6.92 Å². The predicted octanol–water partition coefficient (Wildman–Crippen LogP) is 2.21. The van der Waals surface area contributed by atoms with Gasteiger partial charge in [0.25, 0.3) is 0 Å². The molecule has 3 N–H and O–H groups in total. The highest BCUT2D eigenvalue weighted by Crippen LogP contribution is 2.04. The van der Waals surface area contributed by atoms with Gasteiger partial charge < -0.3 is 10.4 Å². The van der Waals surface area contributed by atoms with Crippen LogP contribution in [0.4, 0.5) is 5.69 Å². The number of aliphatic carboxylic acids is 1. The lowest BCUT2D eigenvalue weighted by Gasteiger charge is -2.07. The molecule has 0 aliphatic rings. The molecule has 0 saturated heterocycles. The number of nitrogens with zero attached hydrogens (tertiary/aromatic N) is 1. The second kappa shape index (κ2) is 7.39. The van der Waals surface area contributed by atoms with Crippen LogP contribution in [0.5, 0.6) is 0 Å². The largest absolute Gasteiger partial charge is 0.481 e. The standard InChI is InChI=1S/C12H15N3O2S/c1-9(7-8-11(16)17)14-15-12(18)13-10-5-3-2-4-6-10/h2-6H,7-8H2,1H3,(H,16,17)(H2,13,15,18)/b14-9+. The molecule has 0 unspecified atom stereocenters. The molecule has 0 amide bonds. The zero-order valence-corrected chi connectivity index (χ0v) is 10.8. The summed E-state index contributed by atoms with van der Waals surface area (Å²) >= 11 is 5.04. The molecule has 0 fully saturated rings. The maximum absolute atomic E-state index is 10.4. The molecule has 0 atom stereocenters. The summed E-state index contributed by atoms with van der Waals surface area (Å²) in [6, 6.07) is 9.47. The molecule has 0 spiro atoms. The Morgan fingerprint density at radius 2 is 2.00 bits per heavy atom. The van der Waals surface area contributed by atoms with E-state index < -0.39 is 5.97 Å². The van der Waals surface area contributed by atoms with Crippen LogP contribution in [0.3, 0.4) is 0 Å². The van der Waals surface area contributed by atoms with Crippen molar-refractivity contribution in [2.75, 3.05) is 5.32 Å². The smallest absolute Gasteiger partial charge is 0.303 e. The van der Waals surface area contributed by atoms with Crippen LogP contribution in [0.2, 0.25) is 0 Å². The molecule has 0 aromatic heterocycles. The van der Waals surface area contributed by atoms with Gasteiger partial charge in [0.1, 0.15) is 0 Å². The summed E-state index contributed by atoms with van der Waals surface area (Å²) < 4.78 is 0. The first kappa shape index (κ1) is 14.1. The normalized spacial score (nSPS) is 10.8. The fourth-order valence-electron chi connectivity index (χ4n) is 1.17. The number of hydrazone groups is 1. The number of carboxylic acid groups (broad SMARTS) is 1. The number of hydrogen-bond donors (Lipinski definition) is 3. The van der Waals surface area contributed by atoms with Crippen molar-refractivity contribution in [3.05, 3.63) is 30.3 Å². The highest BCUT2D eigenvalue weighted by Gasteiger charge is 1.99. The number of para-hydroxylation sites is 1. The molecular formula is C12H15N3O2S. The fourth-order valence-corrected chi connectivity index (χ4v) is 1.33. The van der Waals surface area contributed by atoms with Crippen molar-refractivity contribution in [3.63, 3.8) is 0 Å². The van der Waals surface area contributed by atoms with Gasteiger partial charge in [-0.1, -0.05) is 18.2 Å². The third kappa shape index (κ3) is 5.95. The predicted molar refractivity (Wildman–Crippen MR) is 75.8 cm³/mol. The number of hydrogen-bond acceptors (Lipinski definition) is 3. The second-order valence-corrected chi connectivity index (χ2v) is 4.08. The number of carbonyl (C=O) groups is 1. The molecular weight excluding hydrogens is 250 g/mol. The van der Waals surface area contributed by atoms with Gasteiger partial charge in [-0.2, -0.15) is 5.10 Å². The Kier molecular flexibility index (Phi) is 5.79. The SMILES string of the molecule is C/C(CCC(=O)O)=N\NC(=S)Nc1ccccc1. The quantitative estimate of drug-likeness (QED) is 0.432. The summed E-state index contributed by atoms with van der Waals surface area (Å²) in [6.07, 6.45) is 0.464. The van der Waals surface area contributed by atoms with Crippen LogP contribution >= 0.6 is 12.2 Å². The summed E-state index contributed by atoms with van der Waals surface area (Å²) in [5.74, 6) is -0.838. The molecule has 1 rings (SSSR count). The Morgan fingerprint density at radius 3 is 2.61 bits per heavy atom. The number of carboxylic acids is 1. The molecule has 96 valence electrons. The van der Waals surface area contributed by atoms with E-state index in [4.69, 9.17) is 17.3 Å². The molecule has 18 heavy (non-hydrogen) atoms. The van der Waals surface area contributed by atoms with Crippen LogP contribution in [0.1, 0.15) is 19.8 Å². The highest BCUT2D eigenvalue weighted by atomic mass is 32.1. The lowest BCUT2D eigenvalue weighted by Crippen LogP contribution is -2.24.